The van der Waals surface area contributed by atoms with E-state index in [0.717, 1.165) is 5.56 Å². The molecule has 1 N–H and O–H groups in total. The summed E-state index contributed by atoms with van der Waals surface area (Å²) in [5.41, 5.74) is 1.59. The summed E-state index contributed by atoms with van der Waals surface area (Å²) in [6.45, 7) is 1.60. The molecule has 2 aromatic rings. The summed E-state index contributed by atoms with van der Waals surface area (Å²) in [6.07, 6.45) is 6.28. The molecule has 1 saturated carbocycles. The molecule has 1 aliphatic carbocycles. The van der Waals surface area contributed by atoms with E-state index in [2.05, 4.69) is 16.7 Å². The third-order valence-corrected chi connectivity index (χ3v) is 7.07. The summed E-state index contributed by atoms with van der Waals surface area (Å²) in [7, 11) is -1.61. The zero-order valence-electron chi connectivity index (χ0n) is 16.8. The third kappa shape index (κ3) is 4.67. The fraction of sp³-hybridized carbons (Fsp3) is 0.455. The van der Waals surface area contributed by atoms with Gasteiger partial charge < -0.3 is 9.47 Å². The van der Waals surface area contributed by atoms with Crippen molar-refractivity contribution in [2.75, 3.05) is 25.0 Å². The van der Waals surface area contributed by atoms with Gasteiger partial charge in [-0.2, -0.15) is 0 Å². The highest BCUT2D eigenvalue weighted by molar-refractivity contribution is 7.92. The van der Waals surface area contributed by atoms with Crippen LogP contribution in [0.3, 0.4) is 0 Å². The van der Waals surface area contributed by atoms with Crippen molar-refractivity contribution in [3.8, 4) is 11.5 Å². The Morgan fingerprint density at radius 1 is 1.00 bits per heavy atom. The number of hydrogen-bond donors (Lipinski definition) is 1. The van der Waals surface area contributed by atoms with Crippen LogP contribution in [0.25, 0.3) is 0 Å². The van der Waals surface area contributed by atoms with Crippen LogP contribution in [0.2, 0.25) is 0 Å². The number of rotatable bonds is 6. The minimum atomic E-state index is -3.73. The Morgan fingerprint density at radius 2 is 1.72 bits per heavy atom. The number of nitrogens with one attached hydrogen (secondary N) is 1. The number of hydrogen-bond acceptors (Lipinski definition) is 5. The van der Waals surface area contributed by atoms with E-state index in [9.17, 15) is 8.42 Å². The van der Waals surface area contributed by atoms with Gasteiger partial charge in [-0.3, -0.25) is 9.62 Å². The first-order valence-corrected chi connectivity index (χ1v) is 11.7. The predicted molar refractivity (Wildman–Crippen MR) is 113 cm³/mol. The Labute approximate surface area is 172 Å². The maximum absolute atomic E-state index is 13.0. The maximum atomic E-state index is 13.0. The van der Waals surface area contributed by atoms with Gasteiger partial charge in [0.05, 0.1) is 10.6 Å². The number of ether oxygens (including phenoxy) is 2. The van der Waals surface area contributed by atoms with Crippen LogP contribution >= 0.6 is 0 Å². The summed E-state index contributed by atoms with van der Waals surface area (Å²) in [6, 6.07) is 12.9. The van der Waals surface area contributed by atoms with Crippen molar-refractivity contribution < 1.29 is 17.9 Å². The predicted octanol–water partition coefficient (Wildman–Crippen LogP) is 4.02. The smallest absolute Gasteiger partial charge is 0.262 e. The summed E-state index contributed by atoms with van der Waals surface area (Å²) in [5, 5.41) is 0. The number of para-hydroxylation sites is 1. The maximum Gasteiger partial charge on any atom is 0.262 e. The van der Waals surface area contributed by atoms with Crippen molar-refractivity contribution >= 4 is 15.7 Å². The Bertz CT molecular complexity index is 955. The van der Waals surface area contributed by atoms with Crippen LogP contribution in [0.5, 0.6) is 11.5 Å². The van der Waals surface area contributed by atoms with Crippen molar-refractivity contribution in [1.82, 2.24) is 4.90 Å². The van der Waals surface area contributed by atoms with E-state index < -0.39 is 10.0 Å². The van der Waals surface area contributed by atoms with Crippen LogP contribution in [0.4, 0.5) is 5.69 Å². The van der Waals surface area contributed by atoms with Crippen LogP contribution in [0.1, 0.15) is 37.7 Å². The van der Waals surface area contributed by atoms with E-state index >= 15 is 0 Å². The highest BCUT2D eigenvalue weighted by Gasteiger charge is 2.22. The van der Waals surface area contributed by atoms with Crippen LogP contribution < -0.4 is 14.2 Å². The molecule has 7 heteroatoms. The van der Waals surface area contributed by atoms with Crippen molar-refractivity contribution in [2.45, 2.75) is 49.6 Å². The largest absolute Gasteiger partial charge is 0.486 e. The SMILES string of the molecule is CN(Cc1ccccc1NS(=O)(=O)c1ccc2c(c1)OCCO2)C1CCCCC1. The molecular formula is C22H28N2O4S. The van der Waals surface area contributed by atoms with Gasteiger partial charge in [0.2, 0.25) is 0 Å². The zero-order chi connectivity index (χ0) is 20.3. The molecule has 1 fully saturated rings. The van der Waals surface area contributed by atoms with Crippen molar-refractivity contribution in [1.29, 1.82) is 0 Å². The molecule has 0 unspecified atom stereocenters. The van der Waals surface area contributed by atoms with E-state index in [-0.39, 0.29) is 4.90 Å². The van der Waals surface area contributed by atoms with Crippen molar-refractivity contribution in [2.24, 2.45) is 0 Å². The first-order valence-electron chi connectivity index (χ1n) is 10.2. The summed E-state index contributed by atoms with van der Waals surface area (Å²) in [4.78, 5) is 2.51. The lowest BCUT2D eigenvalue weighted by atomic mass is 9.94. The molecule has 0 saturated heterocycles. The molecule has 156 valence electrons. The molecule has 0 radical (unpaired) electrons. The van der Waals surface area contributed by atoms with E-state index in [1.54, 1.807) is 12.1 Å². The number of fused-ring (bicyclic) bond motifs is 1. The number of anilines is 1. The molecule has 1 heterocycles. The summed E-state index contributed by atoms with van der Waals surface area (Å²) >= 11 is 0. The van der Waals surface area contributed by atoms with Gasteiger partial charge in [-0.1, -0.05) is 37.5 Å². The minimum absolute atomic E-state index is 0.164. The van der Waals surface area contributed by atoms with Gasteiger partial charge >= 0.3 is 0 Å². The Morgan fingerprint density at radius 3 is 2.52 bits per heavy atom. The molecule has 0 spiro atoms. The Hall–Kier alpha value is -2.25. The van der Waals surface area contributed by atoms with Gasteiger partial charge in [0.25, 0.3) is 10.0 Å². The van der Waals surface area contributed by atoms with Gasteiger partial charge in [0.15, 0.2) is 11.5 Å². The highest BCUT2D eigenvalue weighted by atomic mass is 32.2. The molecular weight excluding hydrogens is 388 g/mol. The molecule has 2 aromatic carbocycles. The average molecular weight is 417 g/mol. The lowest BCUT2D eigenvalue weighted by Gasteiger charge is -2.31. The second-order valence-corrected chi connectivity index (χ2v) is 9.46. The quantitative estimate of drug-likeness (QED) is 0.770. The second kappa shape index (κ2) is 8.63. The molecule has 2 aliphatic rings. The first-order chi connectivity index (χ1) is 14.0. The number of sulfonamides is 1. The van der Waals surface area contributed by atoms with Gasteiger partial charge in [-0.05, 0) is 43.7 Å². The third-order valence-electron chi connectivity index (χ3n) is 5.70. The fourth-order valence-electron chi connectivity index (χ4n) is 4.07. The average Bonchev–Trinajstić information content (AvgIpc) is 2.75. The number of benzene rings is 2. The summed E-state index contributed by atoms with van der Waals surface area (Å²) < 4.78 is 39.8. The molecule has 0 amide bonds. The molecule has 0 aromatic heterocycles. The van der Waals surface area contributed by atoms with Crippen molar-refractivity contribution in [3.05, 3.63) is 48.0 Å². The fourth-order valence-corrected chi connectivity index (χ4v) is 5.19. The molecule has 6 nitrogen and oxygen atoms in total. The van der Waals surface area contributed by atoms with Crippen LogP contribution in [-0.4, -0.2) is 39.6 Å². The zero-order valence-corrected chi connectivity index (χ0v) is 17.6. The lowest BCUT2D eigenvalue weighted by molar-refractivity contribution is 0.171. The molecule has 0 atom stereocenters. The van der Waals surface area contributed by atoms with Crippen LogP contribution in [-0.2, 0) is 16.6 Å². The normalized spacial score (nSPS) is 17.3. The molecule has 1 aliphatic heterocycles. The molecule has 4 rings (SSSR count). The van der Waals surface area contributed by atoms with Gasteiger partial charge in [0.1, 0.15) is 13.2 Å². The van der Waals surface area contributed by atoms with E-state index in [1.165, 1.54) is 38.2 Å². The van der Waals surface area contributed by atoms with Crippen LogP contribution in [0.15, 0.2) is 47.4 Å². The van der Waals surface area contributed by atoms with Crippen LogP contribution in [0, 0.1) is 0 Å². The topological polar surface area (TPSA) is 67.9 Å². The van der Waals surface area contributed by atoms with E-state index in [0.29, 0.717) is 43.0 Å². The van der Waals surface area contributed by atoms with Gasteiger partial charge in [-0.25, -0.2) is 8.42 Å². The number of nitrogens with zero attached hydrogens (tertiary/aromatic N) is 1. The van der Waals surface area contributed by atoms with Crippen molar-refractivity contribution in [3.63, 3.8) is 0 Å². The Balaban J connectivity index is 1.53. The molecule has 29 heavy (non-hydrogen) atoms. The van der Waals surface area contributed by atoms with E-state index in [4.69, 9.17) is 9.47 Å². The minimum Gasteiger partial charge on any atom is -0.486 e. The second-order valence-electron chi connectivity index (χ2n) is 7.78. The monoisotopic (exact) mass is 416 g/mol. The lowest BCUT2D eigenvalue weighted by Crippen LogP contribution is -2.33. The standard InChI is InChI=1S/C22H28N2O4S/c1-24(18-8-3-2-4-9-18)16-17-7-5-6-10-20(17)23-29(25,26)19-11-12-21-22(15-19)28-14-13-27-21/h5-7,10-12,15,18,23H,2-4,8-9,13-14,16H2,1H3. The van der Waals surface area contributed by atoms with E-state index in [1.807, 2.05) is 24.3 Å². The Kier molecular flexibility index (Phi) is 5.96. The highest BCUT2D eigenvalue weighted by Crippen LogP contribution is 2.33. The summed E-state index contributed by atoms with van der Waals surface area (Å²) in [5.74, 6) is 1.04. The molecule has 0 bridgehead atoms. The van der Waals surface area contributed by atoms with Gasteiger partial charge in [0, 0.05) is 18.7 Å². The first kappa shape index (κ1) is 20.0. The van der Waals surface area contributed by atoms with Gasteiger partial charge in [-0.15, -0.1) is 0 Å².